The molecule has 90 valence electrons. The van der Waals surface area contributed by atoms with E-state index in [0.29, 0.717) is 6.42 Å². The number of nitrogens with zero attached hydrogens (tertiary/aromatic N) is 3. The minimum absolute atomic E-state index is 0.301. The molecule has 0 amide bonds. The largest absolute Gasteiger partial charge is 0.479 e. The lowest BCUT2D eigenvalue weighted by atomic mass is 9.88. The quantitative estimate of drug-likeness (QED) is 0.808. The highest BCUT2D eigenvalue weighted by Gasteiger charge is 2.41. The molecule has 1 atom stereocenters. The average Bonchev–Trinajstić information content (AvgIpc) is 2.70. The second-order valence-corrected chi connectivity index (χ2v) is 4.56. The molecule has 0 bridgehead atoms. The van der Waals surface area contributed by atoms with Gasteiger partial charge in [-0.2, -0.15) is 5.10 Å². The third-order valence-electron chi connectivity index (χ3n) is 2.71. The van der Waals surface area contributed by atoms with Crippen LogP contribution in [0.25, 0.3) is 0 Å². The molecule has 16 heavy (non-hydrogen) atoms. The van der Waals surface area contributed by atoms with Gasteiger partial charge in [-0.3, -0.25) is 0 Å². The monoisotopic (exact) mass is 227 g/mol. The smallest absolute Gasteiger partial charge is 0.331 e. The second kappa shape index (κ2) is 4.21. The van der Waals surface area contributed by atoms with Crippen molar-refractivity contribution < 1.29 is 14.6 Å². The van der Waals surface area contributed by atoms with Crippen molar-refractivity contribution in [3.8, 4) is 0 Å². The van der Waals surface area contributed by atoms with Crippen LogP contribution in [-0.4, -0.2) is 38.6 Å². The summed E-state index contributed by atoms with van der Waals surface area (Å²) in [6.07, 6.45) is 3.02. The number of hydrogen-bond donors (Lipinski definition) is 1. The van der Waals surface area contributed by atoms with Crippen LogP contribution in [0.1, 0.15) is 27.2 Å². The Morgan fingerprint density at radius 3 is 2.50 bits per heavy atom. The van der Waals surface area contributed by atoms with Crippen LogP contribution in [0.15, 0.2) is 12.7 Å². The predicted octanol–water partition coefficient (Wildman–Crippen LogP) is 0.893. The standard InChI is InChI=1S/C10H17N3O3/c1-9(2,16-4)5-10(3,8(14)15)13-7-11-6-12-13/h6-7H,5H2,1-4H3,(H,14,15). The normalized spacial score (nSPS) is 15.8. The fraction of sp³-hybridized carbons (Fsp3) is 0.700. The Bertz CT molecular complexity index is 361. The minimum Gasteiger partial charge on any atom is -0.479 e. The number of carboxylic acid groups (broad SMARTS) is 1. The molecular weight excluding hydrogens is 210 g/mol. The molecule has 0 saturated heterocycles. The van der Waals surface area contributed by atoms with Crippen LogP contribution in [0.5, 0.6) is 0 Å². The molecule has 1 aromatic rings. The highest BCUT2D eigenvalue weighted by molar-refractivity contribution is 5.76. The molecule has 0 aliphatic heterocycles. The highest BCUT2D eigenvalue weighted by Crippen LogP contribution is 2.28. The summed E-state index contributed by atoms with van der Waals surface area (Å²) in [5.74, 6) is -0.955. The zero-order valence-electron chi connectivity index (χ0n) is 9.97. The maximum absolute atomic E-state index is 11.4. The molecule has 0 spiro atoms. The first kappa shape index (κ1) is 12.6. The zero-order chi connectivity index (χ0) is 12.4. The van der Waals surface area contributed by atoms with E-state index in [4.69, 9.17) is 4.74 Å². The lowest BCUT2D eigenvalue weighted by Gasteiger charge is -2.33. The van der Waals surface area contributed by atoms with Crippen molar-refractivity contribution in [2.75, 3.05) is 7.11 Å². The molecule has 0 radical (unpaired) electrons. The van der Waals surface area contributed by atoms with Crippen molar-refractivity contribution in [1.82, 2.24) is 14.8 Å². The van der Waals surface area contributed by atoms with Crippen molar-refractivity contribution in [1.29, 1.82) is 0 Å². The van der Waals surface area contributed by atoms with Gasteiger partial charge in [0.1, 0.15) is 12.7 Å². The van der Waals surface area contributed by atoms with Gasteiger partial charge in [0.2, 0.25) is 0 Å². The first-order chi connectivity index (χ1) is 7.32. The summed E-state index contributed by atoms with van der Waals surface area (Å²) >= 11 is 0. The second-order valence-electron chi connectivity index (χ2n) is 4.56. The molecule has 1 rings (SSSR count). The van der Waals surface area contributed by atoms with Gasteiger partial charge in [0.25, 0.3) is 0 Å². The van der Waals surface area contributed by atoms with E-state index < -0.39 is 17.1 Å². The van der Waals surface area contributed by atoms with Crippen molar-refractivity contribution in [2.24, 2.45) is 0 Å². The molecule has 1 unspecified atom stereocenters. The maximum atomic E-state index is 11.4. The van der Waals surface area contributed by atoms with Gasteiger partial charge >= 0.3 is 5.97 Å². The summed E-state index contributed by atoms with van der Waals surface area (Å²) in [5, 5.41) is 13.2. The molecule has 1 N–H and O–H groups in total. The molecule has 0 aliphatic carbocycles. The van der Waals surface area contributed by atoms with Gasteiger partial charge < -0.3 is 9.84 Å². The minimum atomic E-state index is -1.16. The summed E-state index contributed by atoms with van der Waals surface area (Å²) in [7, 11) is 1.56. The summed E-state index contributed by atoms with van der Waals surface area (Å²) in [5.41, 5.74) is -1.70. The van der Waals surface area contributed by atoms with Gasteiger partial charge in [0.15, 0.2) is 5.54 Å². The van der Waals surface area contributed by atoms with Gasteiger partial charge in [-0.05, 0) is 20.8 Å². The van der Waals surface area contributed by atoms with Gasteiger partial charge in [0.05, 0.1) is 5.60 Å². The van der Waals surface area contributed by atoms with E-state index in [0.717, 1.165) is 0 Å². The van der Waals surface area contributed by atoms with E-state index in [1.54, 1.807) is 14.0 Å². The van der Waals surface area contributed by atoms with Crippen molar-refractivity contribution >= 4 is 5.97 Å². The summed E-state index contributed by atoms with van der Waals surface area (Å²) in [6, 6.07) is 0. The van der Waals surface area contributed by atoms with Crippen LogP contribution < -0.4 is 0 Å². The summed E-state index contributed by atoms with van der Waals surface area (Å²) < 4.78 is 6.60. The molecule has 6 nitrogen and oxygen atoms in total. The Kier molecular flexibility index (Phi) is 3.32. The molecular formula is C10H17N3O3. The van der Waals surface area contributed by atoms with Crippen molar-refractivity contribution in [2.45, 2.75) is 38.3 Å². The summed E-state index contributed by atoms with van der Waals surface area (Å²) in [4.78, 5) is 15.1. The van der Waals surface area contributed by atoms with Crippen LogP contribution >= 0.6 is 0 Å². The molecule has 0 aliphatic rings. The van der Waals surface area contributed by atoms with E-state index in [2.05, 4.69) is 10.1 Å². The number of ether oxygens (including phenoxy) is 1. The molecule has 0 fully saturated rings. The van der Waals surface area contributed by atoms with Gasteiger partial charge in [-0.25, -0.2) is 14.5 Å². The Morgan fingerprint density at radius 2 is 2.12 bits per heavy atom. The Balaban J connectivity index is 3.04. The topological polar surface area (TPSA) is 77.2 Å². The first-order valence-corrected chi connectivity index (χ1v) is 4.95. The molecule has 1 aromatic heterocycles. The van der Waals surface area contributed by atoms with Crippen LogP contribution in [-0.2, 0) is 15.1 Å². The number of aromatic nitrogens is 3. The van der Waals surface area contributed by atoms with Crippen LogP contribution in [0.2, 0.25) is 0 Å². The van der Waals surface area contributed by atoms with Crippen LogP contribution in [0.4, 0.5) is 0 Å². The number of hydrogen-bond acceptors (Lipinski definition) is 4. The average molecular weight is 227 g/mol. The van der Waals surface area contributed by atoms with Crippen LogP contribution in [0, 0.1) is 0 Å². The van der Waals surface area contributed by atoms with E-state index in [1.807, 2.05) is 13.8 Å². The number of methoxy groups -OCH3 is 1. The van der Waals surface area contributed by atoms with Crippen molar-refractivity contribution in [3.05, 3.63) is 12.7 Å². The third kappa shape index (κ3) is 2.38. The molecule has 0 aromatic carbocycles. The van der Waals surface area contributed by atoms with Crippen LogP contribution in [0.3, 0.4) is 0 Å². The van der Waals surface area contributed by atoms with E-state index in [9.17, 15) is 9.90 Å². The molecule has 6 heteroatoms. The molecule has 0 saturated carbocycles. The van der Waals surface area contributed by atoms with Crippen molar-refractivity contribution in [3.63, 3.8) is 0 Å². The zero-order valence-corrected chi connectivity index (χ0v) is 9.97. The maximum Gasteiger partial charge on any atom is 0.331 e. The number of carboxylic acids is 1. The fourth-order valence-corrected chi connectivity index (χ4v) is 1.62. The number of carbonyl (C=O) groups is 1. The first-order valence-electron chi connectivity index (χ1n) is 4.95. The fourth-order valence-electron chi connectivity index (χ4n) is 1.62. The van der Waals surface area contributed by atoms with E-state index >= 15 is 0 Å². The van der Waals surface area contributed by atoms with E-state index in [-0.39, 0.29) is 0 Å². The van der Waals surface area contributed by atoms with Gasteiger partial charge in [0, 0.05) is 13.5 Å². The summed E-state index contributed by atoms with van der Waals surface area (Å²) in [6.45, 7) is 5.28. The lowest BCUT2D eigenvalue weighted by molar-refractivity contribution is -0.151. The van der Waals surface area contributed by atoms with Gasteiger partial charge in [-0.1, -0.05) is 0 Å². The third-order valence-corrected chi connectivity index (χ3v) is 2.71. The van der Waals surface area contributed by atoms with Gasteiger partial charge in [-0.15, -0.1) is 0 Å². The lowest BCUT2D eigenvalue weighted by Crippen LogP contribution is -2.45. The number of aliphatic carboxylic acids is 1. The predicted molar refractivity (Wildman–Crippen MR) is 57.0 cm³/mol. The SMILES string of the molecule is COC(C)(C)CC(C)(C(=O)O)n1cncn1. The van der Waals surface area contributed by atoms with E-state index in [1.165, 1.54) is 17.3 Å². The highest BCUT2D eigenvalue weighted by atomic mass is 16.5. The Morgan fingerprint density at radius 1 is 1.50 bits per heavy atom. The Labute approximate surface area is 94.2 Å². The number of rotatable bonds is 5. The Hall–Kier alpha value is -1.43. The molecule has 1 heterocycles.